The number of nitrogens with one attached hydrogen (secondary N) is 2. The highest BCUT2D eigenvalue weighted by atomic mass is 16.5. The zero-order valence-electron chi connectivity index (χ0n) is 9.36. The maximum Gasteiger partial charge on any atom is 0.326 e. The molecule has 6 heteroatoms. The highest BCUT2D eigenvalue weighted by Crippen LogP contribution is 2.03. The van der Waals surface area contributed by atoms with Crippen molar-refractivity contribution in [1.82, 2.24) is 10.6 Å². The van der Waals surface area contributed by atoms with Gasteiger partial charge in [0.2, 0.25) is 0 Å². The number of aliphatic carboxylic acids is 1. The first-order valence-corrected chi connectivity index (χ1v) is 5.51. The van der Waals surface area contributed by atoms with Crippen molar-refractivity contribution in [3.05, 3.63) is 0 Å². The number of carbonyl (C=O) groups excluding carboxylic acids is 1. The van der Waals surface area contributed by atoms with Crippen molar-refractivity contribution in [2.24, 2.45) is 0 Å². The smallest absolute Gasteiger partial charge is 0.326 e. The molecule has 2 atom stereocenters. The average molecular weight is 230 g/mol. The molecule has 0 radical (unpaired) electrons. The van der Waals surface area contributed by atoms with Crippen LogP contribution < -0.4 is 10.6 Å². The number of carboxylic acid groups (broad SMARTS) is 1. The predicted molar refractivity (Wildman–Crippen MR) is 57.2 cm³/mol. The Balaban J connectivity index is 2.32. The number of hydrogen-bond donors (Lipinski definition) is 3. The summed E-state index contributed by atoms with van der Waals surface area (Å²) in [6, 6.07) is -1.25. The van der Waals surface area contributed by atoms with Gasteiger partial charge in [-0.2, -0.15) is 0 Å². The zero-order valence-corrected chi connectivity index (χ0v) is 9.36. The second-order valence-corrected chi connectivity index (χ2v) is 3.86. The largest absolute Gasteiger partial charge is 0.480 e. The lowest BCUT2D eigenvalue weighted by molar-refractivity contribution is -0.139. The van der Waals surface area contributed by atoms with E-state index in [1.165, 1.54) is 0 Å². The second-order valence-electron chi connectivity index (χ2n) is 3.86. The summed E-state index contributed by atoms with van der Waals surface area (Å²) >= 11 is 0. The molecule has 0 aromatic rings. The summed E-state index contributed by atoms with van der Waals surface area (Å²) in [5, 5.41) is 14.0. The maximum atomic E-state index is 11.4. The summed E-state index contributed by atoms with van der Waals surface area (Å²) in [4.78, 5) is 22.2. The monoisotopic (exact) mass is 230 g/mol. The third-order valence-electron chi connectivity index (χ3n) is 2.45. The fourth-order valence-corrected chi connectivity index (χ4v) is 1.58. The average Bonchev–Trinajstić information content (AvgIpc) is 2.69. The Bertz CT molecular complexity index is 251. The van der Waals surface area contributed by atoms with Crippen LogP contribution in [0.4, 0.5) is 4.79 Å². The molecule has 1 aliphatic rings. The molecule has 0 aromatic carbocycles. The number of amides is 2. The Morgan fingerprint density at radius 1 is 1.56 bits per heavy atom. The molecule has 92 valence electrons. The molecule has 1 rings (SSSR count). The van der Waals surface area contributed by atoms with Crippen LogP contribution in [0.25, 0.3) is 0 Å². The van der Waals surface area contributed by atoms with Crippen molar-refractivity contribution in [2.75, 3.05) is 13.2 Å². The number of ether oxygens (including phenoxy) is 1. The van der Waals surface area contributed by atoms with Gasteiger partial charge in [0.25, 0.3) is 0 Å². The molecule has 0 bridgehead atoms. The molecule has 0 spiro atoms. The van der Waals surface area contributed by atoms with Crippen molar-refractivity contribution in [2.45, 2.75) is 38.3 Å². The van der Waals surface area contributed by atoms with E-state index in [-0.39, 0.29) is 6.04 Å². The Hall–Kier alpha value is -1.30. The fourth-order valence-electron chi connectivity index (χ4n) is 1.58. The van der Waals surface area contributed by atoms with Crippen LogP contribution >= 0.6 is 0 Å². The molecular formula is C10H18N2O4. The van der Waals surface area contributed by atoms with Crippen molar-refractivity contribution >= 4 is 12.0 Å². The van der Waals surface area contributed by atoms with Crippen LogP contribution in [0.2, 0.25) is 0 Å². The van der Waals surface area contributed by atoms with Gasteiger partial charge in [0.1, 0.15) is 6.04 Å². The van der Waals surface area contributed by atoms with E-state index in [0.717, 1.165) is 6.42 Å². The van der Waals surface area contributed by atoms with Crippen LogP contribution in [-0.2, 0) is 9.53 Å². The van der Waals surface area contributed by atoms with E-state index in [0.29, 0.717) is 26.1 Å². The fraction of sp³-hybridized carbons (Fsp3) is 0.800. The van der Waals surface area contributed by atoms with Gasteiger partial charge in [0.15, 0.2) is 0 Å². The molecule has 1 heterocycles. The zero-order chi connectivity index (χ0) is 12.0. The van der Waals surface area contributed by atoms with E-state index in [4.69, 9.17) is 9.84 Å². The van der Waals surface area contributed by atoms with Gasteiger partial charge in [-0.15, -0.1) is 0 Å². The Kier molecular flexibility index (Phi) is 5.04. The Labute approximate surface area is 94.3 Å². The molecule has 0 saturated carbocycles. The van der Waals surface area contributed by atoms with Crippen molar-refractivity contribution in [1.29, 1.82) is 0 Å². The standard InChI is InChI=1S/C10H18N2O4/c1-2-3-8(9(13)14)12-10(15)11-7-4-5-16-6-7/h7-8H,2-6H2,1H3,(H,13,14)(H2,11,12,15)/t7?,8-/m0/s1. The van der Waals surface area contributed by atoms with Crippen molar-refractivity contribution in [3.63, 3.8) is 0 Å². The van der Waals surface area contributed by atoms with E-state index in [1.54, 1.807) is 0 Å². The van der Waals surface area contributed by atoms with E-state index in [2.05, 4.69) is 10.6 Å². The normalized spacial score (nSPS) is 21.4. The van der Waals surface area contributed by atoms with Crippen LogP contribution in [0.15, 0.2) is 0 Å². The maximum absolute atomic E-state index is 11.4. The lowest BCUT2D eigenvalue weighted by atomic mass is 10.2. The summed E-state index contributed by atoms with van der Waals surface area (Å²) in [5.41, 5.74) is 0. The lowest BCUT2D eigenvalue weighted by Gasteiger charge is -2.16. The highest BCUT2D eigenvalue weighted by Gasteiger charge is 2.22. The van der Waals surface area contributed by atoms with Crippen LogP contribution in [0.3, 0.4) is 0 Å². The minimum absolute atomic E-state index is 0.00364. The molecule has 3 N–H and O–H groups in total. The van der Waals surface area contributed by atoms with Gasteiger partial charge in [-0.3, -0.25) is 0 Å². The molecule has 16 heavy (non-hydrogen) atoms. The molecule has 1 fully saturated rings. The molecule has 1 aliphatic heterocycles. The van der Waals surface area contributed by atoms with Crippen molar-refractivity contribution in [3.8, 4) is 0 Å². The van der Waals surface area contributed by atoms with Crippen LogP contribution in [0.1, 0.15) is 26.2 Å². The highest BCUT2D eigenvalue weighted by molar-refractivity contribution is 5.82. The van der Waals surface area contributed by atoms with Crippen LogP contribution in [-0.4, -0.2) is 42.4 Å². The van der Waals surface area contributed by atoms with Crippen LogP contribution in [0, 0.1) is 0 Å². The van der Waals surface area contributed by atoms with Gasteiger partial charge in [-0.25, -0.2) is 9.59 Å². The van der Waals surface area contributed by atoms with Gasteiger partial charge in [-0.1, -0.05) is 13.3 Å². The lowest BCUT2D eigenvalue weighted by Crippen LogP contribution is -2.49. The molecule has 1 unspecified atom stereocenters. The molecular weight excluding hydrogens is 212 g/mol. The number of urea groups is 1. The molecule has 0 aromatic heterocycles. The molecule has 6 nitrogen and oxygen atoms in total. The molecule has 1 saturated heterocycles. The predicted octanol–water partition coefficient (Wildman–Crippen LogP) is 0.328. The summed E-state index contributed by atoms with van der Waals surface area (Å²) in [6.07, 6.45) is 1.92. The minimum atomic E-state index is -1.00. The molecule has 0 aliphatic carbocycles. The summed E-state index contributed by atoms with van der Waals surface area (Å²) in [7, 11) is 0. The van der Waals surface area contributed by atoms with Gasteiger partial charge in [0.05, 0.1) is 12.6 Å². The van der Waals surface area contributed by atoms with Gasteiger partial charge in [-0.05, 0) is 12.8 Å². The molecule has 2 amide bonds. The third-order valence-corrected chi connectivity index (χ3v) is 2.45. The SMILES string of the molecule is CCC[C@H](NC(=O)NC1CCOC1)C(=O)O. The Morgan fingerprint density at radius 3 is 2.81 bits per heavy atom. The van der Waals surface area contributed by atoms with E-state index >= 15 is 0 Å². The van der Waals surface area contributed by atoms with E-state index in [9.17, 15) is 9.59 Å². The van der Waals surface area contributed by atoms with E-state index in [1.807, 2.05) is 6.92 Å². The van der Waals surface area contributed by atoms with Gasteiger partial charge < -0.3 is 20.5 Å². The first-order valence-electron chi connectivity index (χ1n) is 5.51. The number of rotatable bonds is 5. The number of carboxylic acids is 1. The third kappa shape index (κ3) is 4.06. The number of carbonyl (C=O) groups is 2. The van der Waals surface area contributed by atoms with Gasteiger partial charge in [0, 0.05) is 6.61 Å². The van der Waals surface area contributed by atoms with Crippen molar-refractivity contribution < 1.29 is 19.4 Å². The second kappa shape index (κ2) is 6.32. The number of hydrogen-bond acceptors (Lipinski definition) is 3. The first kappa shape index (κ1) is 12.8. The summed E-state index contributed by atoms with van der Waals surface area (Å²) in [5.74, 6) is -1.00. The summed E-state index contributed by atoms with van der Waals surface area (Å²) < 4.78 is 5.10. The first-order chi connectivity index (χ1) is 7.63. The Morgan fingerprint density at radius 2 is 2.31 bits per heavy atom. The topological polar surface area (TPSA) is 87.7 Å². The summed E-state index contributed by atoms with van der Waals surface area (Å²) in [6.45, 7) is 3.02. The van der Waals surface area contributed by atoms with Gasteiger partial charge >= 0.3 is 12.0 Å². The van der Waals surface area contributed by atoms with Crippen LogP contribution in [0.5, 0.6) is 0 Å². The van der Waals surface area contributed by atoms with E-state index < -0.39 is 18.0 Å². The minimum Gasteiger partial charge on any atom is -0.480 e. The quantitative estimate of drug-likeness (QED) is 0.635.